The molecule has 2 unspecified atom stereocenters. The molecule has 17 heavy (non-hydrogen) atoms. The third kappa shape index (κ3) is 4.34. The van der Waals surface area contributed by atoms with E-state index >= 15 is 0 Å². The van der Waals surface area contributed by atoms with Gasteiger partial charge in [-0.2, -0.15) is 0 Å². The van der Waals surface area contributed by atoms with Crippen molar-refractivity contribution >= 4 is 11.8 Å². The lowest BCUT2D eigenvalue weighted by atomic mass is 10.1. The average molecular weight is 242 g/mol. The molecule has 2 N–H and O–H groups in total. The van der Waals surface area contributed by atoms with Gasteiger partial charge in [0.05, 0.1) is 6.54 Å². The molecule has 2 atom stereocenters. The first-order valence-electron chi connectivity index (χ1n) is 6.22. The molecule has 0 aromatic carbocycles. The molecule has 0 saturated carbocycles. The van der Waals surface area contributed by atoms with Gasteiger partial charge in [0, 0.05) is 25.6 Å². The smallest absolute Gasteiger partial charge is 0.239 e. The third-order valence-corrected chi connectivity index (χ3v) is 3.29. The van der Waals surface area contributed by atoms with Crippen molar-refractivity contribution in [2.75, 3.05) is 19.7 Å². The molecular formula is C12H22N2O3. The minimum Gasteiger partial charge on any atom is -0.396 e. The van der Waals surface area contributed by atoms with Gasteiger partial charge >= 0.3 is 0 Å². The van der Waals surface area contributed by atoms with Crippen molar-refractivity contribution in [2.45, 2.75) is 39.2 Å². The number of hydrogen-bond acceptors (Lipinski definition) is 3. The van der Waals surface area contributed by atoms with Gasteiger partial charge in [-0.15, -0.1) is 0 Å². The van der Waals surface area contributed by atoms with Crippen molar-refractivity contribution in [3.8, 4) is 0 Å². The van der Waals surface area contributed by atoms with Crippen LogP contribution >= 0.6 is 0 Å². The molecule has 98 valence electrons. The van der Waals surface area contributed by atoms with E-state index < -0.39 is 0 Å². The molecule has 1 heterocycles. The van der Waals surface area contributed by atoms with Gasteiger partial charge in [-0.3, -0.25) is 9.59 Å². The van der Waals surface area contributed by atoms with Crippen LogP contribution in [0.2, 0.25) is 0 Å². The Morgan fingerprint density at radius 2 is 2.18 bits per heavy atom. The summed E-state index contributed by atoms with van der Waals surface area (Å²) in [6.07, 6.45) is 2.45. The summed E-state index contributed by atoms with van der Waals surface area (Å²) >= 11 is 0. The highest BCUT2D eigenvalue weighted by molar-refractivity contribution is 5.85. The second-order valence-corrected chi connectivity index (χ2v) is 4.79. The number of rotatable bonds is 5. The van der Waals surface area contributed by atoms with Gasteiger partial charge in [0.15, 0.2) is 0 Å². The van der Waals surface area contributed by atoms with Gasteiger partial charge in [-0.1, -0.05) is 6.92 Å². The van der Waals surface area contributed by atoms with Gasteiger partial charge in [0.25, 0.3) is 0 Å². The Morgan fingerprint density at radius 1 is 1.47 bits per heavy atom. The molecule has 1 fully saturated rings. The average Bonchev–Trinajstić information content (AvgIpc) is 2.31. The summed E-state index contributed by atoms with van der Waals surface area (Å²) in [5, 5.41) is 11.8. The first kappa shape index (κ1) is 14.0. The summed E-state index contributed by atoms with van der Waals surface area (Å²) in [4.78, 5) is 24.8. The first-order valence-corrected chi connectivity index (χ1v) is 6.22. The predicted molar refractivity (Wildman–Crippen MR) is 64.3 cm³/mol. The van der Waals surface area contributed by atoms with Crippen LogP contribution in [0.1, 0.15) is 33.1 Å². The monoisotopic (exact) mass is 242 g/mol. The van der Waals surface area contributed by atoms with E-state index in [1.165, 1.54) is 0 Å². The normalized spacial score (nSPS) is 19.9. The van der Waals surface area contributed by atoms with Crippen molar-refractivity contribution < 1.29 is 14.7 Å². The fourth-order valence-corrected chi connectivity index (χ4v) is 1.80. The quantitative estimate of drug-likeness (QED) is 0.720. The van der Waals surface area contributed by atoms with E-state index in [0.29, 0.717) is 13.0 Å². The Labute approximate surface area is 102 Å². The number of nitrogens with zero attached hydrogens (tertiary/aromatic N) is 1. The molecular weight excluding hydrogens is 220 g/mol. The van der Waals surface area contributed by atoms with Gasteiger partial charge in [-0.25, -0.2) is 0 Å². The lowest BCUT2D eigenvalue weighted by molar-refractivity contribution is -0.138. The van der Waals surface area contributed by atoms with Crippen LogP contribution in [0.4, 0.5) is 0 Å². The highest BCUT2D eigenvalue weighted by Gasteiger charge is 2.21. The molecule has 1 aliphatic heterocycles. The van der Waals surface area contributed by atoms with Crippen LogP contribution in [0, 0.1) is 5.92 Å². The maximum absolute atomic E-state index is 11.7. The van der Waals surface area contributed by atoms with Crippen LogP contribution in [0.25, 0.3) is 0 Å². The van der Waals surface area contributed by atoms with Gasteiger partial charge in [0.1, 0.15) is 0 Å². The zero-order valence-electron chi connectivity index (χ0n) is 10.6. The van der Waals surface area contributed by atoms with Crippen LogP contribution in [0.5, 0.6) is 0 Å². The van der Waals surface area contributed by atoms with Gasteiger partial charge in [0.2, 0.25) is 11.8 Å². The minimum atomic E-state index is -0.145. The number of likely N-dealkylation sites (tertiary alicyclic amines) is 1. The molecule has 1 aliphatic rings. The maximum atomic E-state index is 11.7. The SMILES string of the molecule is CC(CO)C(C)NC(=O)CN1CCCCC1=O. The summed E-state index contributed by atoms with van der Waals surface area (Å²) in [6, 6.07) is -0.0765. The van der Waals surface area contributed by atoms with Crippen LogP contribution < -0.4 is 5.32 Å². The highest BCUT2D eigenvalue weighted by Crippen LogP contribution is 2.10. The van der Waals surface area contributed by atoms with E-state index in [-0.39, 0.29) is 36.9 Å². The number of hydrogen-bond donors (Lipinski definition) is 2. The van der Waals surface area contributed by atoms with E-state index in [2.05, 4.69) is 5.32 Å². The van der Waals surface area contributed by atoms with Crippen LogP contribution in [0.15, 0.2) is 0 Å². The molecule has 0 spiro atoms. The number of aliphatic hydroxyl groups excluding tert-OH is 1. The molecule has 5 nitrogen and oxygen atoms in total. The van der Waals surface area contributed by atoms with Gasteiger partial charge < -0.3 is 15.3 Å². The molecule has 1 rings (SSSR count). The van der Waals surface area contributed by atoms with Crippen molar-refractivity contribution in [3.05, 3.63) is 0 Å². The Bertz CT molecular complexity index is 281. The molecule has 1 saturated heterocycles. The number of amides is 2. The van der Waals surface area contributed by atoms with Crippen molar-refractivity contribution in [3.63, 3.8) is 0 Å². The summed E-state index contributed by atoms with van der Waals surface area (Å²) in [6.45, 7) is 4.59. The third-order valence-electron chi connectivity index (χ3n) is 3.29. The fourth-order valence-electron chi connectivity index (χ4n) is 1.80. The highest BCUT2D eigenvalue weighted by atomic mass is 16.3. The Kier molecular flexibility index (Phi) is 5.41. The van der Waals surface area contributed by atoms with E-state index in [0.717, 1.165) is 12.8 Å². The van der Waals surface area contributed by atoms with Crippen molar-refractivity contribution in [1.29, 1.82) is 0 Å². The van der Waals surface area contributed by atoms with Gasteiger partial charge in [-0.05, 0) is 25.7 Å². The number of aliphatic hydroxyl groups is 1. The van der Waals surface area contributed by atoms with E-state index in [1.807, 2.05) is 13.8 Å². The lowest BCUT2D eigenvalue weighted by Gasteiger charge is -2.27. The maximum Gasteiger partial charge on any atom is 0.239 e. The number of carbonyl (C=O) groups excluding carboxylic acids is 2. The Hall–Kier alpha value is -1.10. The summed E-state index contributed by atoms with van der Waals surface area (Å²) in [7, 11) is 0. The molecule has 5 heteroatoms. The predicted octanol–water partition coefficient (Wildman–Crippen LogP) is 0.132. The summed E-state index contributed by atoms with van der Waals surface area (Å²) in [5.41, 5.74) is 0. The van der Waals surface area contributed by atoms with Crippen LogP contribution in [0.3, 0.4) is 0 Å². The molecule has 0 aromatic heterocycles. The van der Waals surface area contributed by atoms with Crippen molar-refractivity contribution in [2.24, 2.45) is 5.92 Å². The molecule has 0 radical (unpaired) electrons. The number of carbonyl (C=O) groups is 2. The molecule has 0 aromatic rings. The standard InChI is InChI=1S/C12H22N2O3/c1-9(8-15)10(2)13-11(16)7-14-6-4-3-5-12(14)17/h9-10,15H,3-8H2,1-2H3,(H,13,16). The Balaban J connectivity index is 2.35. The van der Waals surface area contributed by atoms with E-state index in [4.69, 9.17) is 5.11 Å². The molecule has 2 amide bonds. The van der Waals surface area contributed by atoms with Crippen LogP contribution in [-0.2, 0) is 9.59 Å². The summed E-state index contributed by atoms with van der Waals surface area (Å²) < 4.78 is 0. The first-order chi connectivity index (χ1) is 8.04. The second-order valence-electron chi connectivity index (χ2n) is 4.79. The second kappa shape index (κ2) is 6.59. The van der Waals surface area contributed by atoms with E-state index in [1.54, 1.807) is 4.90 Å². The zero-order valence-corrected chi connectivity index (χ0v) is 10.6. The number of nitrogens with one attached hydrogen (secondary N) is 1. The molecule has 0 aliphatic carbocycles. The topological polar surface area (TPSA) is 69.6 Å². The minimum absolute atomic E-state index is 0.0241. The van der Waals surface area contributed by atoms with Crippen LogP contribution in [-0.4, -0.2) is 47.6 Å². The fraction of sp³-hybridized carbons (Fsp3) is 0.833. The lowest BCUT2D eigenvalue weighted by Crippen LogP contribution is -2.46. The van der Waals surface area contributed by atoms with E-state index in [9.17, 15) is 9.59 Å². The van der Waals surface area contributed by atoms with Crippen molar-refractivity contribution in [1.82, 2.24) is 10.2 Å². The largest absolute Gasteiger partial charge is 0.396 e. The number of piperidine rings is 1. The zero-order chi connectivity index (χ0) is 12.8. The summed E-state index contributed by atoms with van der Waals surface area (Å²) in [5.74, 6) is -0.0571. The molecule has 0 bridgehead atoms. The Morgan fingerprint density at radius 3 is 2.76 bits per heavy atom.